The molecule has 0 amide bonds. The van der Waals surface area contributed by atoms with Crippen molar-refractivity contribution in [1.82, 2.24) is 10.2 Å². The lowest BCUT2D eigenvalue weighted by Crippen LogP contribution is -2.54. The third kappa shape index (κ3) is 6.01. The average Bonchev–Trinajstić information content (AvgIpc) is 2.81. The lowest BCUT2D eigenvalue weighted by Gasteiger charge is -2.43. The van der Waals surface area contributed by atoms with Crippen LogP contribution in [0.2, 0.25) is 0 Å². The summed E-state index contributed by atoms with van der Waals surface area (Å²) in [4.78, 5) is 6.91. The maximum atomic E-state index is 11.6. The minimum absolute atomic E-state index is 0. The van der Waals surface area contributed by atoms with Crippen LogP contribution in [0.1, 0.15) is 40.0 Å². The number of hydrogen-bond acceptors (Lipinski definition) is 4. The van der Waals surface area contributed by atoms with Crippen molar-refractivity contribution in [2.75, 3.05) is 37.7 Å². The second kappa shape index (κ2) is 9.02. The van der Waals surface area contributed by atoms with Crippen LogP contribution >= 0.6 is 24.0 Å². The van der Waals surface area contributed by atoms with E-state index in [2.05, 4.69) is 31.0 Å². The summed E-state index contributed by atoms with van der Waals surface area (Å²) in [5.74, 6) is 1.56. The number of nitrogens with one attached hydrogen (secondary N) is 1. The topological polar surface area (TPSA) is 82.0 Å². The zero-order valence-corrected chi connectivity index (χ0v) is 18.1. The van der Waals surface area contributed by atoms with Gasteiger partial charge >= 0.3 is 0 Å². The summed E-state index contributed by atoms with van der Waals surface area (Å²) in [6.45, 7) is 9.20. The van der Waals surface area contributed by atoms with Gasteiger partial charge in [-0.3, -0.25) is 4.99 Å². The highest BCUT2D eigenvalue weighted by Gasteiger charge is 2.36. The molecule has 2 unspecified atom stereocenters. The maximum absolute atomic E-state index is 11.6. The molecule has 2 heterocycles. The van der Waals surface area contributed by atoms with Crippen LogP contribution in [0.5, 0.6) is 0 Å². The van der Waals surface area contributed by atoms with Gasteiger partial charge in [0, 0.05) is 31.6 Å². The molecule has 6 nitrogen and oxygen atoms in total. The Hall–Kier alpha value is -0.0900. The molecule has 0 radical (unpaired) electrons. The number of aliphatic hydroxyl groups is 1. The molecule has 2 fully saturated rings. The molecule has 0 saturated carbocycles. The maximum Gasteiger partial charge on any atom is 0.193 e. The minimum atomic E-state index is -2.85. The predicted molar refractivity (Wildman–Crippen MR) is 109 cm³/mol. The number of nitrogens with zero attached hydrogens (tertiary/aromatic N) is 2. The van der Waals surface area contributed by atoms with Crippen molar-refractivity contribution in [3.63, 3.8) is 0 Å². The second-order valence-electron chi connectivity index (χ2n) is 7.57. The van der Waals surface area contributed by atoms with Crippen LogP contribution in [0.4, 0.5) is 0 Å². The summed E-state index contributed by atoms with van der Waals surface area (Å²) in [5.41, 5.74) is -0.163. The van der Waals surface area contributed by atoms with E-state index in [0.29, 0.717) is 12.3 Å². The normalized spacial score (nSPS) is 29.2. The highest BCUT2D eigenvalue weighted by Crippen LogP contribution is 2.29. The molecule has 2 aliphatic rings. The smallest absolute Gasteiger partial charge is 0.193 e. The third-order valence-electron chi connectivity index (χ3n) is 4.83. The number of aliphatic hydroxyl groups excluding tert-OH is 1. The van der Waals surface area contributed by atoms with E-state index < -0.39 is 9.84 Å². The monoisotopic (exact) mass is 473 g/mol. The summed E-state index contributed by atoms with van der Waals surface area (Å²) in [5, 5.41) is 13.5. The molecular weight excluding hydrogens is 441 g/mol. The van der Waals surface area contributed by atoms with Crippen LogP contribution in [0, 0.1) is 11.3 Å². The van der Waals surface area contributed by atoms with Crippen LogP contribution in [0.15, 0.2) is 4.99 Å². The van der Waals surface area contributed by atoms with Gasteiger partial charge in [0.1, 0.15) is 0 Å². The van der Waals surface area contributed by atoms with Gasteiger partial charge in [0.25, 0.3) is 0 Å². The molecule has 0 bridgehead atoms. The molecule has 24 heavy (non-hydrogen) atoms. The van der Waals surface area contributed by atoms with E-state index in [1.54, 1.807) is 0 Å². The van der Waals surface area contributed by atoms with Crippen LogP contribution in [0.3, 0.4) is 0 Å². The van der Waals surface area contributed by atoms with Crippen molar-refractivity contribution < 1.29 is 13.5 Å². The number of likely N-dealkylation sites (tertiary alicyclic amines) is 1. The molecule has 2 saturated heterocycles. The van der Waals surface area contributed by atoms with Gasteiger partial charge in [-0.1, -0.05) is 20.8 Å². The van der Waals surface area contributed by atoms with Crippen LogP contribution in [-0.4, -0.2) is 68.2 Å². The number of guanidine groups is 1. The van der Waals surface area contributed by atoms with Gasteiger partial charge in [-0.2, -0.15) is 0 Å². The Morgan fingerprint density at radius 2 is 2.08 bits per heavy atom. The highest BCUT2D eigenvalue weighted by atomic mass is 127. The van der Waals surface area contributed by atoms with E-state index in [1.807, 2.05) is 0 Å². The molecule has 0 aliphatic carbocycles. The van der Waals surface area contributed by atoms with E-state index >= 15 is 0 Å². The summed E-state index contributed by atoms with van der Waals surface area (Å²) in [6.07, 6.45) is 2.18. The van der Waals surface area contributed by atoms with Crippen molar-refractivity contribution in [3.05, 3.63) is 0 Å². The van der Waals surface area contributed by atoms with Gasteiger partial charge in [-0.25, -0.2) is 8.42 Å². The third-order valence-corrected chi connectivity index (χ3v) is 6.67. The van der Waals surface area contributed by atoms with E-state index in [1.165, 1.54) is 0 Å². The van der Waals surface area contributed by atoms with E-state index in [4.69, 9.17) is 4.99 Å². The van der Waals surface area contributed by atoms with Gasteiger partial charge in [-0.05, 0) is 25.2 Å². The second-order valence-corrected chi connectivity index (χ2v) is 9.80. The zero-order valence-electron chi connectivity index (χ0n) is 15.0. The molecule has 8 heteroatoms. The van der Waals surface area contributed by atoms with Crippen LogP contribution in [-0.2, 0) is 9.84 Å². The first-order chi connectivity index (χ1) is 10.7. The fraction of sp³-hybridized carbons (Fsp3) is 0.938. The van der Waals surface area contributed by atoms with Crippen molar-refractivity contribution in [2.24, 2.45) is 16.3 Å². The number of aliphatic imine (C=N–C) groups is 1. The molecule has 2 atom stereocenters. The molecule has 0 aromatic carbocycles. The first-order valence-electron chi connectivity index (χ1n) is 8.65. The molecule has 0 aromatic heterocycles. The Kier molecular flexibility index (Phi) is 8.25. The number of halogens is 1. The Bertz CT molecular complexity index is 537. The van der Waals surface area contributed by atoms with Crippen molar-refractivity contribution >= 4 is 39.8 Å². The van der Waals surface area contributed by atoms with Crippen molar-refractivity contribution in [2.45, 2.75) is 46.1 Å². The Labute approximate surface area is 163 Å². The number of piperidine rings is 1. The number of hydrogen-bond donors (Lipinski definition) is 2. The average molecular weight is 473 g/mol. The van der Waals surface area contributed by atoms with Crippen LogP contribution in [0.25, 0.3) is 0 Å². The molecule has 0 spiro atoms. The number of rotatable bonds is 4. The summed E-state index contributed by atoms with van der Waals surface area (Å²) in [6, 6.07) is 0. The summed E-state index contributed by atoms with van der Waals surface area (Å²) >= 11 is 0. The Morgan fingerprint density at radius 1 is 1.38 bits per heavy atom. The molecule has 2 N–H and O–H groups in total. The van der Waals surface area contributed by atoms with E-state index in [-0.39, 0.29) is 47.2 Å². The molecule has 2 rings (SSSR count). The zero-order chi connectivity index (χ0) is 17.1. The number of sulfone groups is 1. The van der Waals surface area contributed by atoms with Crippen molar-refractivity contribution in [1.29, 1.82) is 0 Å². The minimum Gasteiger partial charge on any atom is -0.392 e. The fourth-order valence-electron chi connectivity index (χ4n) is 3.26. The Balaban J connectivity index is 0.00000288. The lowest BCUT2D eigenvalue weighted by atomic mass is 9.81. The lowest BCUT2D eigenvalue weighted by molar-refractivity contribution is -0.00503. The highest BCUT2D eigenvalue weighted by molar-refractivity contribution is 14.0. The van der Waals surface area contributed by atoms with Crippen molar-refractivity contribution in [3.8, 4) is 0 Å². The fourth-order valence-corrected chi connectivity index (χ4v) is 5.11. The molecule has 0 aromatic rings. The SMILES string of the molecule is CCCNC(=NCC1CCS(=O)(=O)C1)N1CCC(O)C(C)(C)C1.I. The molecular formula is C16H32IN3O3S. The van der Waals surface area contributed by atoms with Gasteiger partial charge < -0.3 is 15.3 Å². The van der Waals surface area contributed by atoms with E-state index in [9.17, 15) is 13.5 Å². The largest absolute Gasteiger partial charge is 0.392 e. The molecule has 2 aliphatic heterocycles. The Morgan fingerprint density at radius 3 is 2.62 bits per heavy atom. The summed E-state index contributed by atoms with van der Waals surface area (Å²) in [7, 11) is -2.85. The predicted octanol–water partition coefficient (Wildman–Crippen LogP) is 1.49. The van der Waals surface area contributed by atoms with E-state index in [0.717, 1.165) is 44.9 Å². The van der Waals surface area contributed by atoms with Gasteiger partial charge in [-0.15, -0.1) is 24.0 Å². The van der Waals surface area contributed by atoms with Gasteiger partial charge in [0.15, 0.2) is 15.8 Å². The van der Waals surface area contributed by atoms with Gasteiger partial charge in [0.2, 0.25) is 0 Å². The van der Waals surface area contributed by atoms with Gasteiger partial charge in [0.05, 0.1) is 17.6 Å². The molecule has 142 valence electrons. The van der Waals surface area contributed by atoms with Crippen LogP contribution < -0.4 is 5.32 Å². The first-order valence-corrected chi connectivity index (χ1v) is 10.5. The summed E-state index contributed by atoms with van der Waals surface area (Å²) < 4.78 is 23.2. The quantitative estimate of drug-likeness (QED) is 0.368. The standard InChI is InChI=1S/C16H31N3O3S.HI/c1-4-7-17-15(18-10-13-6-9-23(21,22)11-13)19-8-5-14(20)16(2,3)12-19;/h13-14,20H,4-12H2,1-3H3,(H,17,18);1H. The first kappa shape index (κ1) is 22.0.